The average molecular weight is 297 g/mol. The van der Waals surface area contributed by atoms with Gasteiger partial charge in [0.05, 0.1) is 7.11 Å². The third-order valence-electron chi connectivity index (χ3n) is 5.32. The number of amides is 1. The topological polar surface area (TPSA) is 46.6 Å². The molecule has 1 aromatic rings. The highest BCUT2D eigenvalue weighted by molar-refractivity contribution is 6.00. The van der Waals surface area contributed by atoms with Crippen LogP contribution in [0, 0.1) is 17.8 Å². The molecule has 1 aromatic carbocycles. The number of carbonyl (C=O) groups excluding carboxylic acids is 2. The highest BCUT2D eigenvalue weighted by atomic mass is 16.5. The van der Waals surface area contributed by atoms with Gasteiger partial charge in [-0.2, -0.15) is 0 Å². The van der Waals surface area contributed by atoms with Crippen LogP contribution in [0.3, 0.4) is 0 Å². The molecule has 1 saturated carbocycles. The average Bonchev–Trinajstić information content (AvgIpc) is 3.26. The van der Waals surface area contributed by atoms with Crippen molar-refractivity contribution in [3.8, 4) is 0 Å². The summed E-state index contributed by atoms with van der Waals surface area (Å²) in [7, 11) is 1.40. The van der Waals surface area contributed by atoms with E-state index in [4.69, 9.17) is 4.74 Å². The molecule has 4 nitrogen and oxygen atoms in total. The van der Waals surface area contributed by atoms with Crippen LogP contribution in [0.15, 0.2) is 36.4 Å². The molecular weight excluding hydrogens is 278 g/mol. The van der Waals surface area contributed by atoms with Crippen LogP contribution >= 0.6 is 0 Å². The summed E-state index contributed by atoms with van der Waals surface area (Å²) in [4.78, 5) is 26.8. The summed E-state index contributed by atoms with van der Waals surface area (Å²) in [6.07, 6.45) is 6.48. The number of esters is 1. The summed E-state index contributed by atoms with van der Waals surface area (Å²) in [5, 5.41) is 0. The van der Waals surface area contributed by atoms with Gasteiger partial charge in [0.15, 0.2) is 0 Å². The molecule has 3 aliphatic rings. The van der Waals surface area contributed by atoms with E-state index in [0.29, 0.717) is 18.4 Å². The monoisotopic (exact) mass is 297 g/mol. The second-order valence-electron chi connectivity index (χ2n) is 6.47. The molecule has 1 aliphatic heterocycles. The van der Waals surface area contributed by atoms with Crippen LogP contribution in [0.25, 0.3) is 0 Å². The number of anilines is 1. The van der Waals surface area contributed by atoms with Gasteiger partial charge in [-0.05, 0) is 36.3 Å². The molecule has 0 aromatic heterocycles. The van der Waals surface area contributed by atoms with Crippen molar-refractivity contribution in [2.75, 3.05) is 18.6 Å². The van der Waals surface area contributed by atoms with E-state index in [-0.39, 0.29) is 23.7 Å². The van der Waals surface area contributed by atoms with Crippen molar-refractivity contribution >= 4 is 17.6 Å². The summed E-state index contributed by atoms with van der Waals surface area (Å²) in [5.41, 5.74) is 1.77. The van der Waals surface area contributed by atoms with Crippen LogP contribution in [0.4, 0.5) is 5.69 Å². The van der Waals surface area contributed by atoms with Crippen LogP contribution in [-0.4, -0.2) is 25.5 Å². The first-order valence-electron chi connectivity index (χ1n) is 7.85. The van der Waals surface area contributed by atoms with Gasteiger partial charge in [0.2, 0.25) is 5.91 Å². The SMILES string of the molecule is COC(=O)C1CN(C(=O)C2CC3C=CC2C3)c2ccccc21. The second-order valence-corrected chi connectivity index (χ2v) is 6.47. The first-order valence-corrected chi connectivity index (χ1v) is 7.85. The summed E-state index contributed by atoms with van der Waals surface area (Å²) >= 11 is 0. The number of methoxy groups -OCH3 is 1. The number of nitrogens with zero attached hydrogens (tertiary/aromatic N) is 1. The molecule has 0 saturated heterocycles. The maximum absolute atomic E-state index is 13.0. The maximum atomic E-state index is 13.0. The Balaban J connectivity index is 1.64. The summed E-state index contributed by atoms with van der Waals surface area (Å²) in [5.74, 6) is 0.542. The van der Waals surface area contributed by atoms with Gasteiger partial charge in [-0.1, -0.05) is 30.4 Å². The molecule has 0 spiro atoms. The predicted octanol–water partition coefficient (Wildman–Crippen LogP) is 2.50. The van der Waals surface area contributed by atoms with Crippen molar-refractivity contribution in [2.45, 2.75) is 18.8 Å². The van der Waals surface area contributed by atoms with Crippen LogP contribution < -0.4 is 4.90 Å². The lowest BCUT2D eigenvalue weighted by Gasteiger charge is -2.25. The van der Waals surface area contributed by atoms with Gasteiger partial charge < -0.3 is 9.64 Å². The fraction of sp³-hybridized carbons (Fsp3) is 0.444. The number of fused-ring (bicyclic) bond motifs is 3. The van der Waals surface area contributed by atoms with Crippen molar-refractivity contribution in [2.24, 2.45) is 17.8 Å². The highest BCUT2D eigenvalue weighted by Gasteiger charge is 2.45. The molecule has 1 amide bonds. The van der Waals surface area contributed by atoms with Crippen molar-refractivity contribution in [1.82, 2.24) is 0 Å². The number of hydrogen-bond donors (Lipinski definition) is 0. The van der Waals surface area contributed by atoms with E-state index < -0.39 is 0 Å². The molecule has 0 N–H and O–H groups in total. The Morgan fingerprint density at radius 1 is 1.18 bits per heavy atom. The fourth-order valence-corrected chi connectivity index (χ4v) is 4.22. The lowest BCUT2D eigenvalue weighted by molar-refractivity contribution is -0.142. The van der Waals surface area contributed by atoms with E-state index in [1.165, 1.54) is 7.11 Å². The molecular formula is C18H19NO3. The number of ether oxygens (including phenoxy) is 1. The predicted molar refractivity (Wildman–Crippen MR) is 82.4 cm³/mol. The van der Waals surface area contributed by atoms with Gasteiger partial charge in [0.1, 0.15) is 5.92 Å². The maximum Gasteiger partial charge on any atom is 0.315 e. The molecule has 4 unspecified atom stereocenters. The number of carbonyl (C=O) groups is 2. The molecule has 2 bridgehead atoms. The van der Waals surface area contributed by atoms with Crippen molar-refractivity contribution in [3.63, 3.8) is 0 Å². The van der Waals surface area contributed by atoms with E-state index in [1.54, 1.807) is 4.90 Å². The van der Waals surface area contributed by atoms with Crippen LogP contribution in [0.2, 0.25) is 0 Å². The van der Waals surface area contributed by atoms with Crippen molar-refractivity contribution in [1.29, 1.82) is 0 Å². The van der Waals surface area contributed by atoms with E-state index in [2.05, 4.69) is 12.2 Å². The summed E-state index contributed by atoms with van der Waals surface area (Å²) in [6, 6.07) is 7.67. The molecule has 4 heteroatoms. The Morgan fingerprint density at radius 3 is 2.68 bits per heavy atom. The minimum Gasteiger partial charge on any atom is -0.468 e. The minimum atomic E-state index is -0.362. The molecule has 22 heavy (non-hydrogen) atoms. The fourth-order valence-electron chi connectivity index (χ4n) is 4.22. The second kappa shape index (κ2) is 4.97. The van der Waals surface area contributed by atoms with E-state index in [1.807, 2.05) is 24.3 Å². The largest absolute Gasteiger partial charge is 0.468 e. The smallest absolute Gasteiger partial charge is 0.315 e. The van der Waals surface area contributed by atoms with Gasteiger partial charge in [-0.3, -0.25) is 9.59 Å². The number of rotatable bonds is 2. The Labute approximate surface area is 129 Å². The van der Waals surface area contributed by atoms with Gasteiger partial charge in [-0.15, -0.1) is 0 Å². The number of para-hydroxylation sites is 1. The zero-order chi connectivity index (χ0) is 15.3. The van der Waals surface area contributed by atoms with Crippen molar-refractivity contribution in [3.05, 3.63) is 42.0 Å². The molecule has 1 heterocycles. The Bertz CT molecular complexity index is 666. The van der Waals surface area contributed by atoms with Gasteiger partial charge in [-0.25, -0.2) is 0 Å². The van der Waals surface area contributed by atoms with Gasteiger partial charge in [0.25, 0.3) is 0 Å². The number of benzene rings is 1. The third-order valence-corrected chi connectivity index (χ3v) is 5.32. The van der Waals surface area contributed by atoms with E-state index in [0.717, 1.165) is 24.1 Å². The standard InChI is InChI=1S/C18H19NO3/c1-22-18(21)15-10-19(16-5-3-2-4-13(15)16)17(20)14-9-11-6-7-12(14)8-11/h2-7,11-12,14-15H,8-10H2,1H3. The zero-order valence-electron chi connectivity index (χ0n) is 12.6. The lowest BCUT2D eigenvalue weighted by Crippen LogP contribution is -2.37. The number of allylic oxidation sites excluding steroid dienone is 2. The summed E-state index contributed by atoms with van der Waals surface area (Å²) in [6.45, 7) is 0.405. The van der Waals surface area contributed by atoms with E-state index >= 15 is 0 Å². The molecule has 1 fully saturated rings. The van der Waals surface area contributed by atoms with Crippen LogP contribution in [-0.2, 0) is 14.3 Å². The number of hydrogen-bond acceptors (Lipinski definition) is 3. The zero-order valence-corrected chi connectivity index (χ0v) is 12.6. The molecule has 114 valence electrons. The Hall–Kier alpha value is -2.10. The van der Waals surface area contributed by atoms with Gasteiger partial charge >= 0.3 is 5.97 Å². The quantitative estimate of drug-likeness (QED) is 0.622. The van der Waals surface area contributed by atoms with Crippen molar-refractivity contribution < 1.29 is 14.3 Å². The Kier molecular flexibility index (Phi) is 3.06. The molecule has 4 rings (SSSR count). The lowest BCUT2D eigenvalue weighted by atomic mass is 9.92. The molecule has 0 radical (unpaired) electrons. The van der Waals surface area contributed by atoms with Crippen LogP contribution in [0.1, 0.15) is 24.3 Å². The van der Waals surface area contributed by atoms with Crippen LogP contribution in [0.5, 0.6) is 0 Å². The highest BCUT2D eigenvalue weighted by Crippen LogP contribution is 2.46. The Morgan fingerprint density at radius 2 is 2.00 bits per heavy atom. The first kappa shape index (κ1) is 13.6. The first-order chi connectivity index (χ1) is 10.7. The normalized spacial score (nSPS) is 31.4. The van der Waals surface area contributed by atoms with E-state index in [9.17, 15) is 9.59 Å². The molecule has 2 aliphatic carbocycles. The van der Waals surface area contributed by atoms with Gasteiger partial charge in [0, 0.05) is 18.2 Å². The third kappa shape index (κ3) is 1.90. The minimum absolute atomic E-state index is 0.0689. The summed E-state index contributed by atoms with van der Waals surface area (Å²) < 4.78 is 4.91. The molecule has 4 atom stereocenters.